The van der Waals surface area contributed by atoms with Crippen LogP contribution in [-0.2, 0) is 11.3 Å². The van der Waals surface area contributed by atoms with Gasteiger partial charge < -0.3 is 9.64 Å². The van der Waals surface area contributed by atoms with E-state index in [9.17, 15) is 4.79 Å². The molecule has 0 aliphatic heterocycles. The van der Waals surface area contributed by atoms with E-state index in [1.165, 1.54) is 5.56 Å². The summed E-state index contributed by atoms with van der Waals surface area (Å²) in [5.74, 6) is 0. The monoisotopic (exact) mass is 239 g/mol. The summed E-state index contributed by atoms with van der Waals surface area (Å²) in [5.41, 5.74) is 1.19. The zero-order chi connectivity index (χ0) is 11.5. The third-order valence-electron chi connectivity index (χ3n) is 2.49. The number of hydrogen-bond donors (Lipinski definition) is 0. The van der Waals surface area contributed by atoms with E-state index in [2.05, 4.69) is 11.4 Å². The van der Waals surface area contributed by atoms with Crippen LogP contribution in [-0.4, -0.2) is 23.1 Å². The summed E-state index contributed by atoms with van der Waals surface area (Å²) < 4.78 is 5.25. The van der Waals surface area contributed by atoms with Gasteiger partial charge in [-0.05, 0) is 49.1 Å². The van der Waals surface area contributed by atoms with Gasteiger partial charge in [0.1, 0.15) is 0 Å². The molecule has 0 atom stereocenters. The average Bonchev–Trinajstić information content (AvgIpc) is 2.91. The van der Waals surface area contributed by atoms with Crippen LogP contribution in [0, 0.1) is 0 Å². The molecule has 1 aromatic rings. The van der Waals surface area contributed by atoms with Gasteiger partial charge in [0.25, 0.3) is 0 Å². The Morgan fingerprint density at radius 3 is 2.88 bits per heavy atom. The van der Waals surface area contributed by atoms with Crippen LogP contribution < -0.4 is 0 Å². The Morgan fingerprint density at radius 2 is 2.38 bits per heavy atom. The number of carbonyl (C=O) groups is 1. The molecule has 1 aliphatic carbocycles. The predicted molar refractivity (Wildman–Crippen MR) is 64.5 cm³/mol. The second-order valence-electron chi connectivity index (χ2n) is 4.42. The number of hydrogen-bond acceptors (Lipinski definition) is 3. The minimum atomic E-state index is -0.177. The largest absolute Gasteiger partial charge is 0.447 e. The zero-order valence-electron chi connectivity index (χ0n) is 9.68. The Labute approximate surface area is 100 Å². The minimum Gasteiger partial charge on any atom is -0.447 e. The van der Waals surface area contributed by atoms with Crippen molar-refractivity contribution >= 4 is 17.4 Å². The summed E-state index contributed by atoms with van der Waals surface area (Å²) in [6.45, 7) is 4.45. The summed E-state index contributed by atoms with van der Waals surface area (Å²) >= 11 is 1.66. The topological polar surface area (TPSA) is 29.5 Å². The molecule has 1 amide bonds. The maximum Gasteiger partial charge on any atom is 0.410 e. The van der Waals surface area contributed by atoms with E-state index >= 15 is 0 Å². The lowest BCUT2D eigenvalue weighted by Crippen LogP contribution is -2.34. The third kappa shape index (κ3) is 2.98. The normalized spacial score (nSPS) is 15.2. The quantitative estimate of drug-likeness (QED) is 0.807. The first-order valence-electron chi connectivity index (χ1n) is 5.65. The van der Waals surface area contributed by atoms with Crippen LogP contribution in [0.1, 0.15) is 32.3 Å². The molecule has 4 heteroatoms. The molecule has 0 bridgehead atoms. The first-order valence-corrected chi connectivity index (χ1v) is 6.59. The zero-order valence-corrected chi connectivity index (χ0v) is 10.5. The molecular formula is C12H17NO2S. The molecule has 16 heavy (non-hydrogen) atoms. The van der Waals surface area contributed by atoms with E-state index in [-0.39, 0.29) is 12.2 Å². The van der Waals surface area contributed by atoms with E-state index in [1.54, 1.807) is 11.3 Å². The highest BCUT2D eigenvalue weighted by Crippen LogP contribution is 2.29. The maximum atomic E-state index is 11.9. The predicted octanol–water partition coefficient (Wildman–Crippen LogP) is 3.26. The number of rotatable bonds is 4. The molecule has 1 fully saturated rings. The molecule has 0 spiro atoms. The molecular weight excluding hydrogens is 222 g/mol. The third-order valence-corrected chi connectivity index (χ3v) is 3.22. The fraction of sp³-hybridized carbons (Fsp3) is 0.583. The van der Waals surface area contributed by atoms with Crippen LogP contribution >= 0.6 is 11.3 Å². The van der Waals surface area contributed by atoms with Gasteiger partial charge in [-0.15, -0.1) is 0 Å². The van der Waals surface area contributed by atoms with Crippen molar-refractivity contribution in [3.05, 3.63) is 22.4 Å². The lowest BCUT2D eigenvalue weighted by Gasteiger charge is -2.22. The molecule has 0 aromatic carbocycles. The molecule has 1 aliphatic rings. The second-order valence-corrected chi connectivity index (χ2v) is 5.20. The van der Waals surface area contributed by atoms with Crippen molar-refractivity contribution in [2.45, 2.75) is 45.4 Å². The Hall–Kier alpha value is -1.03. The average molecular weight is 239 g/mol. The van der Waals surface area contributed by atoms with Crippen LogP contribution in [0.4, 0.5) is 4.79 Å². The molecule has 88 valence electrons. The highest BCUT2D eigenvalue weighted by molar-refractivity contribution is 7.07. The summed E-state index contributed by atoms with van der Waals surface area (Å²) in [6, 6.07) is 2.45. The molecule has 0 saturated heterocycles. The fourth-order valence-corrected chi connectivity index (χ4v) is 2.24. The van der Waals surface area contributed by atoms with Crippen molar-refractivity contribution in [2.24, 2.45) is 0 Å². The van der Waals surface area contributed by atoms with E-state index in [1.807, 2.05) is 24.1 Å². The smallest absolute Gasteiger partial charge is 0.410 e. The van der Waals surface area contributed by atoms with Crippen LogP contribution in [0.2, 0.25) is 0 Å². The maximum absolute atomic E-state index is 11.9. The SMILES string of the molecule is CC(C)OC(=O)N(Cc1ccsc1)C1CC1. The van der Waals surface area contributed by atoms with Crippen molar-refractivity contribution in [3.63, 3.8) is 0 Å². The van der Waals surface area contributed by atoms with Crippen LogP contribution in [0.3, 0.4) is 0 Å². The van der Waals surface area contributed by atoms with E-state index in [4.69, 9.17) is 4.74 Å². The van der Waals surface area contributed by atoms with Gasteiger partial charge in [-0.25, -0.2) is 4.79 Å². The van der Waals surface area contributed by atoms with E-state index < -0.39 is 0 Å². The van der Waals surface area contributed by atoms with Crippen molar-refractivity contribution < 1.29 is 9.53 Å². The van der Waals surface area contributed by atoms with Crippen molar-refractivity contribution in [1.29, 1.82) is 0 Å². The summed E-state index contributed by atoms with van der Waals surface area (Å²) in [6.07, 6.45) is 1.99. The first-order chi connectivity index (χ1) is 7.66. The highest BCUT2D eigenvalue weighted by Gasteiger charge is 2.33. The van der Waals surface area contributed by atoms with Gasteiger partial charge in [-0.3, -0.25) is 0 Å². The number of amides is 1. The molecule has 0 N–H and O–H groups in total. The molecule has 1 saturated carbocycles. The molecule has 1 heterocycles. The van der Waals surface area contributed by atoms with Crippen LogP contribution in [0.5, 0.6) is 0 Å². The van der Waals surface area contributed by atoms with Crippen LogP contribution in [0.15, 0.2) is 16.8 Å². The molecule has 1 aromatic heterocycles. The molecule has 0 unspecified atom stereocenters. The highest BCUT2D eigenvalue weighted by atomic mass is 32.1. The fourth-order valence-electron chi connectivity index (χ4n) is 1.58. The lowest BCUT2D eigenvalue weighted by molar-refractivity contribution is 0.0721. The number of thiophene rings is 1. The molecule has 2 rings (SSSR count). The summed E-state index contributed by atoms with van der Waals surface area (Å²) in [7, 11) is 0. The van der Waals surface area contributed by atoms with Crippen LogP contribution in [0.25, 0.3) is 0 Å². The van der Waals surface area contributed by atoms with Crippen molar-refractivity contribution in [2.75, 3.05) is 0 Å². The van der Waals surface area contributed by atoms with E-state index in [0.717, 1.165) is 12.8 Å². The van der Waals surface area contributed by atoms with E-state index in [0.29, 0.717) is 12.6 Å². The van der Waals surface area contributed by atoms with Gasteiger partial charge in [0, 0.05) is 6.04 Å². The van der Waals surface area contributed by atoms with Gasteiger partial charge in [-0.2, -0.15) is 11.3 Å². The van der Waals surface area contributed by atoms with Gasteiger partial charge in [-0.1, -0.05) is 0 Å². The number of carbonyl (C=O) groups excluding carboxylic acids is 1. The Morgan fingerprint density at radius 1 is 1.62 bits per heavy atom. The molecule has 3 nitrogen and oxygen atoms in total. The number of nitrogens with zero attached hydrogens (tertiary/aromatic N) is 1. The second kappa shape index (κ2) is 4.87. The summed E-state index contributed by atoms with van der Waals surface area (Å²) in [4.78, 5) is 13.7. The van der Waals surface area contributed by atoms with Gasteiger partial charge >= 0.3 is 6.09 Å². The summed E-state index contributed by atoms with van der Waals surface area (Å²) in [5, 5.41) is 4.12. The van der Waals surface area contributed by atoms with Gasteiger partial charge in [0.2, 0.25) is 0 Å². The standard InChI is InChI=1S/C12H17NO2S/c1-9(2)15-12(14)13(11-3-4-11)7-10-5-6-16-8-10/h5-6,8-9,11H,3-4,7H2,1-2H3. The Balaban J connectivity index is 1.97. The van der Waals surface area contributed by atoms with Crippen molar-refractivity contribution in [3.8, 4) is 0 Å². The Kier molecular flexibility index (Phi) is 3.49. The minimum absolute atomic E-state index is 0.0452. The van der Waals surface area contributed by atoms with Gasteiger partial charge in [0.05, 0.1) is 12.6 Å². The Bertz CT molecular complexity index is 344. The number of ether oxygens (including phenoxy) is 1. The lowest BCUT2D eigenvalue weighted by atomic mass is 10.3. The first kappa shape index (κ1) is 11.5. The van der Waals surface area contributed by atoms with Gasteiger partial charge in [0.15, 0.2) is 0 Å². The van der Waals surface area contributed by atoms with Crippen molar-refractivity contribution in [1.82, 2.24) is 4.90 Å². The molecule has 0 radical (unpaired) electrons.